The molecule has 5 heteroatoms. The number of phenolic OH excluding ortho intramolecular Hbond substituents is 1. The number of carbonyl (C=O) groups is 1. The van der Waals surface area contributed by atoms with Crippen LogP contribution in [0.15, 0.2) is 30.3 Å². The van der Waals surface area contributed by atoms with E-state index in [1.807, 2.05) is 19.9 Å². The lowest BCUT2D eigenvalue weighted by Crippen LogP contribution is -2.12. The van der Waals surface area contributed by atoms with Crippen molar-refractivity contribution in [3.8, 4) is 5.75 Å². The molecule has 2 aromatic rings. The molecule has 0 saturated heterocycles. The Hall–Kier alpha value is -1.71. The van der Waals surface area contributed by atoms with Crippen LogP contribution in [0.2, 0.25) is 10.0 Å². The van der Waals surface area contributed by atoms with Crippen molar-refractivity contribution in [3.63, 3.8) is 0 Å². The van der Waals surface area contributed by atoms with Gasteiger partial charge in [-0.3, -0.25) is 4.79 Å². The lowest BCUT2D eigenvalue weighted by Gasteiger charge is -2.09. The number of halogens is 2. The second-order valence-corrected chi connectivity index (χ2v) is 5.43. The largest absolute Gasteiger partial charge is 0.505 e. The highest BCUT2D eigenvalue weighted by atomic mass is 35.5. The summed E-state index contributed by atoms with van der Waals surface area (Å²) < 4.78 is 0. The van der Waals surface area contributed by atoms with Crippen LogP contribution in [0.25, 0.3) is 0 Å². The van der Waals surface area contributed by atoms with E-state index in [1.165, 1.54) is 12.1 Å². The molecule has 1 amide bonds. The third kappa shape index (κ3) is 3.24. The number of amides is 1. The van der Waals surface area contributed by atoms with Crippen molar-refractivity contribution in [2.45, 2.75) is 13.8 Å². The molecule has 2 N–H and O–H groups in total. The predicted molar refractivity (Wildman–Crippen MR) is 82.0 cm³/mol. The molecule has 0 atom stereocenters. The molecule has 0 fully saturated rings. The minimum atomic E-state index is -0.255. The van der Waals surface area contributed by atoms with Gasteiger partial charge in [0.05, 0.1) is 10.0 Å². The van der Waals surface area contributed by atoms with Gasteiger partial charge in [-0.15, -0.1) is 0 Å². The van der Waals surface area contributed by atoms with Crippen molar-refractivity contribution < 1.29 is 9.90 Å². The monoisotopic (exact) mass is 309 g/mol. The molecule has 3 nitrogen and oxygen atoms in total. The van der Waals surface area contributed by atoms with Gasteiger partial charge in [-0.05, 0) is 38.1 Å². The van der Waals surface area contributed by atoms with Gasteiger partial charge in [0.2, 0.25) is 0 Å². The van der Waals surface area contributed by atoms with Crippen LogP contribution in [-0.2, 0) is 0 Å². The van der Waals surface area contributed by atoms with Crippen molar-refractivity contribution in [2.75, 3.05) is 5.32 Å². The molecule has 2 aromatic carbocycles. The molecule has 0 bridgehead atoms. The Morgan fingerprint density at radius 3 is 2.00 bits per heavy atom. The molecule has 0 aliphatic heterocycles. The lowest BCUT2D eigenvalue weighted by molar-refractivity contribution is 0.102. The van der Waals surface area contributed by atoms with E-state index in [2.05, 4.69) is 5.32 Å². The second-order valence-electron chi connectivity index (χ2n) is 4.62. The summed E-state index contributed by atoms with van der Waals surface area (Å²) in [6.45, 7) is 3.86. The van der Waals surface area contributed by atoms with E-state index in [0.717, 1.165) is 11.1 Å². The van der Waals surface area contributed by atoms with Gasteiger partial charge in [0, 0.05) is 11.3 Å². The van der Waals surface area contributed by atoms with Crippen molar-refractivity contribution in [3.05, 3.63) is 57.1 Å². The van der Waals surface area contributed by atoms with Gasteiger partial charge in [0.1, 0.15) is 0 Å². The Bertz CT molecular complexity index is 640. The van der Waals surface area contributed by atoms with E-state index in [-0.39, 0.29) is 21.7 Å². The van der Waals surface area contributed by atoms with Crippen LogP contribution in [-0.4, -0.2) is 11.0 Å². The fourth-order valence-corrected chi connectivity index (χ4v) is 2.43. The van der Waals surface area contributed by atoms with Crippen LogP contribution in [0.4, 0.5) is 5.69 Å². The third-order valence-corrected chi connectivity index (χ3v) is 3.33. The van der Waals surface area contributed by atoms with Crippen molar-refractivity contribution in [1.82, 2.24) is 0 Å². The fraction of sp³-hybridized carbons (Fsp3) is 0.133. The Labute approximate surface area is 127 Å². The normalized spacial score (nSPS) is 10.4. The quantitative estimate of drug-likeness (QED) is 0.798. The number of benzene rings is 2. The van der Waals surface area contributed by atoms with E-state index in [4.69, 9.17) is 23.2 Å². The number of carbonyl (C=O) groups excluding carboxylic acids is 1. The number of nitrogens with one attached hydrogen (secondary N) is 1. The number of phenols is 1. The van der Waals surface area contributed by atoms with E-state index >= 15 is 0 Å². The number of aromatic hydroxyl groups is 1. The van der Waals surface area contributed by atoms with Crippen LogP contribution < -0.4 is 5.32 Å². The van der Waals surface area contributed by atoms with Crippen LogP contribution >= 0.6 is 23.2 Å². The maximum atomic E-state index is 12.2. The van der Waals surface area contributed by atoms with Crippen molar-refractivity contribution in [1.29, 1.82) is 0 Å². The maximum Gasteiger partial charge on any atom is 0.255 e. The molecule has 20 heavy (non-hydrogen) atoms. The van der Waals surface area contributed by atoms with Gasteiger partial charge in [0.25, 0.3) is 5.91 Å². The summed E-state index contributed by atoms with van der Waals surface area (Å²) in [5, 5.41) is 12.4. The first-order valence-electron chi connectivity index (χ1n) is 5.94. The van der Waals surface area contributed by atoms with Crippen LogP contribution in [0, 0.1) is 13.8 Å². The number of rotatable bonds is 2. The average Bonchev–Trinajstić information content (AvgIpc) is 2.34. The molecule has 0 unspecified atom stereocenters. The zero-order valence-corrected chi connectivity index (χ0v) is 12.5. The fourth-order valence-electron chi connectivity index (χ4n) is 1.95. The second kappa shape index (κ2) is 5.73. The Kier molecular flexibility index (Phi) is 4.21. The highest BCUT2D eigenvalue weighted by Gasteiger charge is 2.11. The van der Waals surface area contributed by atoms with Gasteiger partial charge >= 0.3 is 0 Å². The topological polar surface area (TPSA) is 49.3 Å². The lowest BCUT2D eigenvalue weighted by atomic mass is 10.1. The molecular formula is C15H13Cl2NO2. The van der Waals surface area contributed by atoms with Crippen LogP contribution in [0.3, 0.4) is 0 Å². The van der Waals surface area contributed by atoms with E-state index in [9.17, 15) is 9.90 Å². The summed E-state index contributed by atoms with van der Waals surface area (Å²) >= 11 is 11.6. The number of hydrogen-bond donors (Lipinski definition) is 2. The van der Waals surface area contributed by atoms with Crippen LogP contribution in [0.5, 0.6) is 5.75 Å². The predicted octanol–water partition coefficient (Wildman–Crippen LogP) is 4.57. The maximum absolute atomic E-state index is 12.2. The zero-order chi connectivity index (χ0) is 14.9. The molecule has 0 saturated carbocycles. The number of aryl methyl sites for hydroxylation is 2. The van der Waals surface area contributed by atoms with E-state index in [0.29, 0.717) is 11.3 Å². The summed E-state index contributed by atoms with van der Waals surface area (Å²) in [7, 11) is 0. The minimum Gasteiger partial charge on any atom is -0.505 e. The van der Waals surface area contributed by atoms with E-state index in [1.54, 1.807) is 12.1 Å². The average molecular weight is 310 g/mol. The number of hydrogen-bond acceptors (Lipinski definition) is 2. The molecule has 0 heterocycles. The van der Waals surface area contributed by atoms with Gasteiger partial charge in [-0.25, -0.2) is 0 Å². The minimum absolute atomic E-state index is 0.0909. The molecular weight excluding hydrogens is 297 g/mol. The molecule has 2 rings (SSSR count). The van der Waals surface area contributed by atoms with E-state index < -0.39 is 0 Å². The van der Waals surface area contributed by atoms with Crippen molar-refractivity contribution in [2.24, 2.45) is 0 Å². The zero-order valence-electron chi connectivity index (χ0n) is 11.0. The van der Waals surface area contributed by atoms with Gasteiger partial charge < -0.3 is 10.4 Å². The van der Waals surface area contributed by atoms with Crippen LogP contribution in [0.1, 0.15) is 21.5 Å². The summed E-state index contributed by atoms with van der Waals surface area (Å²) in [5.41, 5.74) is 3.01. The standard InChI is InChI=1S/C15H13Cl2NO2/c1-8-3-9(2)5-10(4-8)15(20)18-11-6-12(16)14(19)13(17)7-11/h3-7,19H,1-2H3,(H,18,20). The van der Waals surface area contributed by atoms with Gasteiger partial charge in [0.15, 0.2) is 5.75 Å². The molecule has 0 radical (unpaired) electrons. The van der Waals surface area contributed by atoms with Crippen molar-refractivity contribution >= 4 is 34.8 Å². The summed E-state index contributed by atoms with van der Waals surface area (Å²) in [6.07, 6.45) is 0. The summed E-state index contributed by atoms with van der Waals surface area (Å²) in [6, 6.07) is 8.48. The Balaban J connectivity index is 2.28. The summed E-state index contributed by atoms with van der Waals surface area (Å²) in [4.78, 5) is 12.2. The summed E-state index contributed by atoms with van der Waals surface area (Å²) in [5.74, 6) is -0.452. The van der Waals surface area contributed by atoms with Gasteiger partial charge in [-0.1, -0.05) is 40.4 Å². The Morgan fingerprint density at radius 1 is 1.00 bits per heavy atom. The molecule has 0 aliphatic rings. The molecule has 0 aliphatic carbocycles. The first kappa shape index (κ1) is 14.7. The molecule has 0 spiro atoms. The SMILES string of the molecule is Cc1cc(C)cc(C(=O)Nc2cc(Cl)c(O)c(Cl)c2)c1. The molecule has 104 valence electrons. The van der Waals surface area contributed by atoms with Gasteiger partial charge in [-0.2, -0.15) is 0 Å². The number of anilines is 1. The highest BCUT2D eigenvalue weighted by Crippen LogP contribution is 2.34. The third-order valence-electron chi connectivity index (χ3n) is 2.76. The Morgan fingerprint density at radius 2 is 1.50 bits per heavy atom. The smallest absolute Gasteiger partial charge is 0.255 e. The first-order chi connectivity index (χ1) is 9.36. The first-order valence-corrected chi connectivity index (χ1v) is 6.70. The highest BCUT2D eigenvalue weighted by molar-refractivity contribution is 6.37. The molecule has 0 aromatic heterocycles.